The highest BCUT2D eigenvalue weighted by atomic mass is 19.4. The van der Waals surface area contributed by atoms with E-state index in [9.17, 15) is 22.4 Å². The summed E-state index contributed by atoms with van der Waals surface area (Å²) in [5.41, 5.74) is -2.72. The molecule has 0 aliphatic heterocycles. The number of aromatic nitrogens is 1. The topological polar surface area (TPSA) is 50.2 Å². The Labute approximate surface area is 110 Å². The SMILES string of the molecule is O=C(O)c1c(F)cccc1-c1cnccc1C(F)(F)F. The van der Waals surface area contributed by atoms with E-state index in [0.29, 0.717) is 6.07 Å². The Morgan fingerprint density at radius 2 is 1.85 bits per heavy atom. The van der Waals surface area contributed by atoms with Crippen molar-refractivity contribution < 1.29 is 27.5 Å². The zero-order valence-corrected chi connectivity index (χ0v) is 9.78. The third-order valence-electron chi connectivity index (χ3n) is 2.64. The molecule has 0 amide bonds. The van der Waals surface area contributed by atoms with Crippen molar-refractivity contribution in [3.63, 3.8) is 0 Å². The average Bonchev–Trinajstić information content (AvgIpc) is 2.37. The number of carbonyl (C=O) groups is 1. The number of aromatic carboxylic acids is 1. The summed E-state index contributed by atoms with van der Waals surface area (Å²) in [6.45, 7) is 0. The van der Waals surface area contributed by atoms with Crippen molar-refractivity contribution >= 4 is 5.97 Å². The van der Waals surface area contributed by atoms with Crippen molar-refractivity contribution in [2.45, 2.75) is 6.18 Å². The largest absolute Gasteiger partial charge is 0.478 e. The number of halogens is 4. The zero-order chi connectivity index (χ0) is 14.9. The normalized spacial score (nSPS) is 11.4. The third-order valence-corrected chi connectivity index (χ3v) is 2.64. The van der Waals surface area contributed by atoms with Crippen LogP contribution in [0.2, 0.25) is 0 Å². The highest BCUT2D eigenvalue weighted by molar-refractivity contribution is 5.96. The van der Waals surface area contributed by atoms with Crippen LogP contribution in [0.5, 0.6) is 0 Å². The molecule has 0 saturated carbocycles. The number of carboxylic acids is 1. The van der Waals surface area contributed by atoms with Gasteiger partial charge in [0.2, 0.25) is 0 Å². The summed E-state index contributed by atoms with van der Waals surface area (Å²) in [7, 11) is 0. The summed E-state index contributed by atoms with van der Waals surface area (Å²) in [4.78, 5) is 14.6. The van der Waals surface area contributed by atoms with Gasteiger partial charge in [0.25, 0.3) is 0 Å². The van der Waals surface area contributed by atoms with Gasteiger partial charge in [-0.2, -0.15) is 13.2 Å². The second-order valence-corrected chi connectivity index (χ2v) is 3.89. The molecule has 0 bridgehead atoms. The van der Waals surface area contributed by atoms with Crippen molar-refractivity contribution in [1.82, 2.24) is 4.98 Å². The van der Waals surface area contributed by atoms with Gasteiger partial charge in [0.1, 0.15) is 11.4 Å². The van der Waals surface area contributed by atoms with Crippen molar-refractivity contribution in [2.75, 3.05) is 0 Å². The Morgan fingerprint density at radius 1 is 1.15 bits per heavy atom. The molecule has 1 heterocycles. The van der Waals surface area contributed by atoms with E-state index in [1.54, 1.807) is 0 Å². The Kier molecular flexibility index (Phi) is 3.44. The van der Waals surface area contributed by atoms with Gasteiger partial charge in [-0.05, 0) is 12.1 Å². The van der Waals surface area contributed by atoms with Crippen LogP contribution in [0.1, 0.15) is 15.9 Å². The van der Waals surface area contributed by atoms with Crippen molar-refractivity contribution in [3.8, 4) is 11.1 Å². The lowest BCUT2D eigenvalue weighted by molar-refractivity contribution is -0.137. The van der Waals surface area contributed by atoms with Gasteiger partial charge in [0.15, 0.2) is 0 Å². The smallest absolute Gasteiger partial charge is 0.417 e. The summed E-state index contributed by atoms with van der Waals surface area (Å²) in [5, 5.41) is 8.96. The lowest BCUT2D eigenvalue weighted by atomic mass is 9.96. The molecule has 2 aromatic rings. The van der Waals surface area contributed by atoms with Gasteiger partial charge in [-0.25, -0.2) is 9.18 Å². The van der Waals surface area contributed by atoms with E-state index in [2.05, 4.69) is 4.98 Å². The van der Waals surface area contributed by atoms with E-state index >= 15 is 0 Å². The molecule has 20 heavy (non-hydrogen) atoms. The maximum Gasteiger partial charge on any atom is 0.417 e. The van der Waals surface area contributed by atoms with Gasteiger partial charge in [0, 0.05) is 23.5 Å². The summed E-state index contributed by atoms with van der Waals surface area (Å²) in [6.07, 6.45) is -2.89. The number of rotatable bonds is 2. The van der Waals surface area contributed by atoms with Gasteiger partial charge in [-0.3, -0.25) is 4.98 Å². The Morgan fingerprint density at radius 3 is 2.45 bits per heavy atom. The molecule has 104 valence electrons. The van der Waals surface area contributed by atoms with E-state index in [1.165, 1.54) is 0 Å². The highest BCUT2D eigenvalue weighted by Gasteiger charge is 2.34. The van der Waals surface area contributed by atoms with Gasteiger partial charge in [-0.15, -0.1) is 0 Å². The van der Waals surface area contributed by atoms with Gasteiger partial charge >= 0.3 is 12.1 Å². The number of alkyl halides is 3. The molecular formula is C13H7F4NO2. The first-order valence-corrected chi connectivity index (χ1v) is 5.35. The fourth-order valence-electron chi connectivity index (χ4n) is 1.82. The molecular weight excluding hydrogens is 278 g/mol. The Balaban J connectivity index is 2.77. The molecule has 0 unspecified atom stereocenters. The highest BCUT2D eigenvalue weighted by Crippen LogP contribution is 2.38. The number of nitrogens with zero attached hydrogens (tertiary/aromatic N) is 1. The van der Waals surface area contributed by atoms with Crippen LogP contribution in [0.15, 0.2) is 36.7 Å². The lowest BCUT2D eigenvalue weighted by Crippen LogP contribution is -2.10. The van der Waals surface area contributed by atoms with Crippen LogP contribution in [0.25, 0.3) is 11.1 Å². The molecule has 0 saturated heterocycles. The molecule has 3 nitrogen and oxygen atoms in total. The molecule has 0 spiro atoms. The summed E-state index contributed by atoms with van der Waals surface area (Å²) in [5.74, 6) is -2.75. The number of carboxylic acid groups (broad SMARTS) is 1. The zero-order valence-electron chi connectivity index (χ0n) is 9.78. The molecule has 7 heteroatoms. The molecule has 2 rings (SSSR count). The first-order valence-electron chi connectivity index (χ1n) is 5.35. The third kappa shape index (κ3) is 2.47. The monoisotopic (exact) mass is 285 g/mol. The quantitative estimate of drug-likeness (QED) is 0.858. The number of hydrogen-bond acceptors (Lipinski definition) is 2. The molecule has 0 radical (unpaired) electrons. The van der Waals surface area contributed by atoms with Crippen LogP contribution < -0.4 is 0 Å². The summed E-state index contributed by atoms with van der Waals surface area (Å²) >= 11 is 0. The predicted molar refractivity (Wildman–Crippen MR) is 61.6 cm³/mol. The number of pyridine rings is 1. The molecule has 1 N–H and O–H groups in total. The van der Waals surface area contributed by atoms with E-state index in [0.717, 1.165) is 30.6 Å². The molecule has 1 aromatic heterocycles. The van der Waals surface area contributed by atoms with Crippen molar-refractivity contribution in [1.29, 1.82) is 0 Å². The second-order valence-electron chi connectivity index (χ2n) is 3.89. The van der Waals surface area contributed by atoms with Crippen LogP contribution in [0.4, 0.5) is 17.6 Å². The van der Waals surface area contributed by atoms with Crippen LogP contribution >= 0.6 is 0 Å². The first kappa shape index (κ1) is 14.0. The van der Waals surface area contributed by atoms with Crippen molar-refractivity contribution in [3.05, 3.63) is 53.6 Å². The van der Waals surface area contributed by atoms with Crippen LogP contribution in [-0.4, -0.2) is 16.1 Å². The number of benzene rings is 1. The van der Waals surface area contributed by atoms with Gasteiger partial charge in [-0.1, -0.05) is 12.1 Å². The van der Waals surface area contributed by atoms with Gasteiger partial charge < -0.3 is 5.11 Å². The summed E-state index contributed by atoms with van der Waals surface area (Å²) in [6, 6.07) is 3.84. The van der Waals surface area contributed by atoms with Crippen LogP contribution in [0.3, 0.4) is 0 Å². The average molecular weight is 285 g/mol. The molecule has 0 aliphatic carbocycles. The lowest BCUT2D eigenvalue weighted by Gasteiger charge is -2.14. The van der Waals surface area contributed by atoms with Crippen LogP contribution in [-0.2, 0) is 6.18 Å². The van der Waals surface area contributed by atoms with Gasteiger partial charge in [0.05, 0.1) is 5.56 Å². The van der Waals surface area contributed by atoms with Crippen LogP contribution in [0, 0.1) is 5.82 Å². The maximum atomic E-state index is 13.5. The molecule has 0 fully saturated rings. The molecule has 1 aromatic carbocycles. The predicted octanol–water partition coefficient (Wildman–Crippen LogP) is 3.60. The molecule has 0 aliphatic rings. The first-order chi connectivity index (χ1) is 9.32. The fraction of sp³-hybridized carbons (Fsp3) is 0.0769. The van der Waals surface area contributed by atoms with E-state index in [4.69, 9.17) is 5.11 Å². The fourth-order valence-corrected chi connectivity index (χ4v) is 1.82. The minimum Gasteiger partial charge on any atom is -0.478 e. The molecule has 0 atom stereocenters. The van der Waals surface area contributed by atoms with E-state index in [1.807, 2.05) is 0 Å². The number of hydrogen-bond donors (Lipinski definition) is 1. The van der Waals surface area contributed by atoms with E-state index in [-0.39, 0.29) is 5.56 Å². The standard InChI is InChI=1S/C13H7F4NO2/c14-10-3-1-2-7(11(10)12(19)20)8-6-18-5-4-9(8)13(15,16)17/h1-6H,(H,19,20). The Bertz CT molecular complexity index is 668. The second kappa shape index (κ2) is 4.92. The van der Waals surface area contributed by atoms with E-state index < -0.39 is 34.7 Å². The summed E-state index contributed by atoms with van der Waals surface area (Å²) < 4.78 is 52.2. The van der Waals surface area contributed by atoms with Crippen molar-refractivity contribution in [2.24, 2.45) is 0 Å². The minimum atomic E-state index is -4.69. The maximum absolute atomic E-state index is 13.5. The minimum absolute atomic E-state index is 0.363. The Hall–Kier alpha value is -2.44.